The summed E-state index contributed by atoms with van der Waals surface area (Å²) < 4.78 is 29.5. The van der Waals surface area contributed by atoms with Crippen LogP contribution in [0.3, 0.4) is 0 Å². The minimum atomic E-state index is -3.49. The molecule has 0 unspecified atom stereocenters. The van der Waals surface area contributed by atoms with Gasteiger partial charge < -0.3 is 0 Å². The molecule has 4 rings (SSSR count). The van der Waals surface area contributed by atoms with E-state index in [2.05, 4.69) is 36.6 Å². The second kappa shape index (κ2) is 7.97. The lowest BCUT2D eigenvalue weighted by Gasteiger charge is -2.09. The molecule has 29 heavy (non-hydrogen) atoms. The number of hydrazine groups is 1. The van der Waals surface area contributed by atoms with Gasteiger partial charge in [0, 0.05) is 16.7 Å². The number of carbonyl (C=O) groups excluding carboxylic acids is 1. The van der Waals surface area contributed by atoms with E-state index in [4.69, 9.17) is 0 Å². The summed E-state index contributed by atoms with van der Waals surface area (Å²) in [5, 5.41) is 4.20. The number of carbonyl (C=O) groups is 1. The molecule has 1 fully saturated rings. The molecule has 2 aromatic carbocycles. The molecule has 0 radical (unpaired) electrons. The molecule has 1 saturated carbocycles. The molecular weight excluding hydrogens is 458 g/mol. The number of nitrogens with one attached hydrogen (secondary N) is 3. The summed E-state index contributed by atoms with van der Waals surface area (Å²) in [6, 6.07) is 13.8. The Kier molecular flexibility index (Phi) is 5.39. The Morgan fingerprint density at radius 2 is 1.76 bits per heavy atom. The predicted molar refractivity (Wildman–Crippen MR) is 112 cm³/mol. The summed E-state index contributed by atoms with van der Waals surface area (Å²) in [6.07, 6.45) is 4.85. The van der Waals surface area contributed by atoms with E-state index in [9.17, 15) is 13.2 Å². The quantitative estimate of drug-likeness (QED) is 0.455. The van der Waals surface area contributed by atoms with Crippen LogP contribution in [0.1, 0.15) is 23.2 Å². The van der Waals surface area contributed by atoms with Crippen LogP contribution in [0, 0.1) is 0 Å². The van der Waals surface area contributed by atoms with Gasteiger partial charge in [0.05, 0.1) is 28.0 Å². The number of amides is 1. The van der Waals surface area contributed by atoms with E-state index in [0.717, 1.165) is 23.0 Å². The number of hydrogen-bond acceptors (Lipinski definition) is 5. The standard InChI is InChI=1S/C19H18BrN5O3S/c20-14-1-7-17(8-2-14)25-12-13(11-21-25)19(26)23-22-15-5-9-18(10-6-15)29(27,28)24-16-3-4-16/h1-2,5-12,16,22,24H,3-4H2,(H,23,26). The fraction of sp³-hybridized carbons (Fsp3) is 0.158. The lowest BCUT2D eigenvalue weighted by atomic mass is 10.3. The first-order valence-electron chi connectivity index (χ1n) is 8.90. The van der Waals surface area contributed by atoms with Crippen molar-refractivity contribution in [3.8, 4) is 5.69 Å². The van der Waals surface area contributed by atoms with Gasteiger partial charge in [-0.15, -0.1) is 0 Å². The highest BCUT2D eigenvalue weighted by molar-refractivity contribution is 9.10. The molecular formula is C19H18BrN5O3S. The lowest BCUT2D eigenvalue weighted by Crippen LogP contribution is -2.29. The number of hydrogen-bond donors (Lipinski definition) is 3. The summed E-state index contributed by atoms with van der Waals surface area (Å²) in [7, 11) is -3.49. The Morgan fingerprint density at radius 1 is 1.07 bits per heavy atom. The lowest BCUT2D eigenvalue weighted by molar-refractivity contribution is 0.0962. The van der Waals surface area contributed by atoms with Gasteiger partial charge in [-0.2, -0.15) is 5.10 Å². The second-order valence-electron chi connectivity index (χ2n) is 6.65. The van der Waals surface area contributed by atoms with Crippen molar-refractivity contribution >= 4 is 37.5 Å². The molecule has 1 amide bonds. The fourth-order valence-corrected chi connectivity index (χ4v) is 4.15. The number of benzene rings is 2. The molecule has 3 N–H and O–H groups in total. The molecule has 10 heteroatoms. The molecule has 0 aliphatic heterocycles. The Bertz CT molecular complexity index is 1120. The molecule has 3 aromatic rings. The molecule has 1 aliphatic carbocycles. The number of halogens is 1. The average Bonchev–Trinajstić information content (AvgIpc) is 3.37. The van der Waals surface area contributed by atoms with Gasteiger partial charge in [-0.3, -0.25) is 15.6 Å². The average molecular weight is 476 g/mol. The van der Waals surface area contributed by atoms with Crippen molar-refractivity contribution in [2.45, 2.75) is 23.8 Å². The van der Waals surface area contributed by atoms with E-state index in [0.29, 0.717) is 11.3 Å². The summed E-state index contributed by atoms with van der Waals surface area (Å²) in [6.45, 7) is 0. The van der Waals surface area contributed by atoms with Gasteiger partial charge in [-0.05, 0) is 61.4 Å². The van der Waals surface area contributed by atoms with Crippen LogP contribution in [0.4, 0.5) is 5.69 Å². The Balaban J connectivity index is 1.36. The van der Waals surface area contributed by atoms with E-state index in [1.54, 1.807) is 23.0 Å². The van der Waals surface area contributed by atoms with E-state index in [1.165, 1.54) is 18.3 Å². The van der Waals surface area contributed by atoms with Crippen molar-refractivity contribution in [1.29, 1.82) is 0 Å². The summed E-state index contributed by atoms with van der Waals surface area (Å²) >= 11 is 3.38. The third-order valence-corrected chi connectivity index (χ3v) is 6.39. The van der Waals surface area contributed by atoms with Crippen molar-refractivity contribution in [2.75, 3.05) is 5.43 Å². The molecule has 0 saturated heterocycles. The number of anilines is 1. The van der Waals surface area contributed by atoms with Crippen LogP contribution in [0.5, 0.6) is 0 Å². The topological polar surface area (TPSA) is 105 Å². The zero-order valence-electron chi connectivity index (χ0n) is 15.2. The monoisotopic (exact) mass is 475 g/mol. The summed E-state index contributed by atoms with van der Waals surface area (Å²) in [4.78, 5) is 12.5. The number of nitrogens with zero attached hydrogens (tertiary/aromatic N) is 2. The highest BCUT2D eigenvalue weighted by atomic mass is 79.9. The zero-order valence-corrected chi connectivity index (χ0v) is 17.6. The maximum Gasteiger partial charge on any atom is 0.272 e. The molecule has 1 heterocycles. The fourth-order valence-electron chi connectivity index (χ4n) is 2.58. The first kappa shape index (κ1) is 19.6. The minimum Gasteiger partial charge on any atom is -0.298 e. The van der Waals surface area contributed by atoms with Crippen LogP contribution < -0.4 is 15.6 Å². The molecule has 1 aliphatic rings. The molecule has 8 nitrogen and oxygen atoms in total. The number of sulfonamides is 1. The first-order chi connectivity index (χ1) is 13.9. The van der Waals surface area contributed by atoms with Crippen LogP contribution in [0.2, 0.25) is 0 Å². The number of aromatic nitrogens is 2. The van der Waals surface area contributed by atoms with Crippen molar-refractivity contribution in [3.05, 3.63) is 71.0 Å². The van der Waals surface area contributed by atoms with E-state index in [-0.39, 0.29) is 16.8 Å². The van der Waals surface area contributed by atoms with Crippen molar-refractivity contribution < 1.29 is 13.2 Å². The van der Waals surface area contributed by atoms with Crippen LogP contribution in [-0.4, -0.2) is 30.1 Å². The third-order valence-electron chi connectivity index (χ3n) is 4.32. The maximum absolute atomic E-state index is 12.3. The highest BCUT2D eigenvalue weighted by Gasteiger charge is 2.27. The Hall–Kier alpha value is -2.69. The summed E-state index contributed by atoms with van der Waals surface area (Å²) in [5.41, 5.74) is 7.12. The molecule has 0 bridgehead atoms. The zero-order chi connectivity index (χ0) is 20.4. The smallest absolute Gasteiger partial charge is 0.272 e. The van der Waals surface area contributed by atoms with Crippen LogP contribution in [-0.2, 0) is 10.0 Å². The SMILES string of the molecule is O=C(NNc1ccc(S(=O)(=O)NC2CC2)cc1)c1cnn(-c2ccc(Br)cc2)c1. The van der Waals surface area contributed by atoms with Crippen LogP contribution in [0.15, 0.2) is 70.3 Å². The third kappa shape index (κ3) is 4.84. The van der Waals surface area contributed by atoms with Crippen molar-refractivity contribution in [3.63, 3.8) is 0 Å². The van der Waals surface area contributed by atoms with Gasteiger partial charge in [-0.1, -0.05) is 15.9 Å². The van der Waals surface area contributed by atoms with Crippen LogP contribution >= 0.6 is 15.9 Å². The van der Waals surface area contributed by atoms with Crippen LogP contribution in [0.25, 0.3) is 5.69 Å². The molecule has 1 aromatic heterocycles. The molecule has 0 atom stereocenters. The van der Waals surface area contributed by atoms with Gasteiger partial charge in [0.2, 0.25) is 10.0 Å². The van der Waals surface area contributed by atoms with Gasteiger partial charge >= 0.3 is 0 Å². The van der Waals surface area contributed by atoms with Gasteiger partial charge in [0.1, 0.15) is 0 Å². The van der Waals surface area contributed by atoms with E-state index < -0.39 is 10.0 Å². The molecule has 0 spiro atoms. The second-order valence-corrected chi connectivity index (χ2v) is 9.28. The first-order valence-corrected chi connectivity index (χ1v) is 11.2. The van der Waals surface area contributed by atoms with E-state index in [1.807, 2.05) is 24.3 Å². The van der Waals surface area contributed by atoms with Gasteiger partial charge in [-0.25, -0.2) is 17.8 Å². The van der Waals surface area contributed by atoms with Crippen molar-refractivity contribution in [2.24, 2.45) is 0 Å². The Labute approximate surface area is 176 Å². The normalized spacial score (nSPS) is 13.8. The minimum absolute atomic E-state index is 0.0513. The highest BCUT2D eigenvalue weighted by Crippen LogP contribution is 2.22. The van der Waals surface area contributed by atoms with Gasteiger partial charge in [0.25, 0.3) is 5.91 Å². The van der Waals surface area contributed by atoms with Crippen molar-refractivity contribution in [1.82, 2.24) is 19.9 Å². The Morgan fingerprint density at radius 3 is 2.41 bits per heavy atom. The number of rotatable bonds is 7. The largest absolute Gasteiger partial charge is 0.298 e. The molecule has 150 valence electrons. The summed E-state index contributed by atoms with van der Waals surface area (Å²) in [5.74, 6) is -0.361. The maximum atomic E-state index is 12.3. The predicted octanol–water partition coefficient (Wildman–Crippen LogP) is 2.83. The van der Waals surface area contributed by atoms with Gasteiger partial charge in [0.15, 0.2) is 0 Å². The van der Waals surface area contributed by atoms with E-state index >= 15 is 0 Å².